The molecule has 68 heavy (non-hydrogen) atoms. The van der Waals surface area contributed by atoms with Crippen LogP contribution in [-0.2, 0) is 14.3 Å². The van der Waals surface area contributed by atoms with Crippen molar-refractivity contribution in [1.82, 2.24) is 5.32 Å². The SMILES string of the molecule is CCCCCC/C=C\C/C=C\CCCCCCCCCC(=O)OCCCCCCCCCCCCCCCCCCCCCCCCCC(=O)NC(CO)C(O)/C=C/CCCCCCCCCC. The van der Waals surface area contributed by atoms with Crippen molar-refractivity contribution in [3.63, 3.8) is 0 Å². The number of carbonyl (C=O) groups excluding carboxylic acids is 2. The lowest BCUT2D eigenvalue weighted by Gasteiger charge is -2.20. The molecule has 0 saturated carbocycles. The molecule has 6 nitrogen and oxygen atoms in total. The summed E-state index contributed by atoms with van der Waals surface area (Å²) < 4.78 is 5.49. The van der Waals surface area contributed by atoms with Crippen LogP contribution in [0.2, 0.25) is 0 Å². The van der Waals surface area contributed by atoms with Gasteiger partial charge >= 0.3 is 5.97 Å². The molecule has 3 N–H and O–H groups in total. The first-order valence-corrected chi connectivity index (χ1v) is 30.3. The predicted octanol–water partition coefficient (Wildman–Crippen LogP) is 18.8. The van der Waals surface area contributed by atoms with Gasteiger partial charge in [0.2, 0.25) is 5.91 Å². The van der Waals surface area contributed by atoms with E-state index in [1.807, 2.05) is 6.08 Å². The van der Waals surface area contributed by atoms with Gasteiger partial charge in [-0.25, -0.2) is 0 Å². The third kappa shape index (κ3) is 53.4. The number of carbonyl (C=O) groups is 2. The smallest absolute Gasteiger partial charge is 0.305 e. The summed E-state index contributed by atoms with van der Waals surface area (Å²) in [6.07, 6.45) is 71.9. The maximum atomic E-state index is 12.4. The highest BCUT2D eigenvalue weighted by atomic mass is 16.5. The van der Waals surface area contributed by atoms with Crippen molar-refractivity contribution in [3.8, 4) is 0 Å². The minimum Gasteiger partial charge on any atom is -0.466 e. The second-order valence-electron chi connectivity index (χ2n) is 20.7. The lowest BCUT2D eigenvalue weighted by atomic mass is 10.0. The molecule has 2 unspecified atom stereocenters. The molecule has 0 fully saturated rings. The van der Waals surface area contributed by atoms with Gasteiger partial charge in [0.25, 0.3) is 0 Å². The van der Waals surface area contributed by atoms with E-state index >= 15 is 0 Å². The summed E-state index contributed by atoms with van der Waals surface area (Å²) in [5.41, 5.74) is 0. The summed E-state index contributed by atoms with van der Waals surface area (Å²) in [7, 11) is 0. The highest BCUT2D eigenvalue weighted by molar-refractivity contribution is 5.76. The fraction of sp³-hybridized carbons (Fsp3) is 0.871. The van der Waals surface area contributed by atoms with Gasteiger partial charge in [-0.1, -0.05) is 281 Å². The first kappa shape index (κ1) is 66.1. The van der Waals surface area contributed by atoms with Crippen LogP contribution in [0.15, 0.2) is 36.5 Å². The highest BCUT2D eigenvalue weighted by Gasteiger charge is 2.18. The summed E-state index contributed by atoms with van der Waals surface area (Å²) in [6.45, 7) is 4.87. The molecule has 0 rings (SSSR count). The molecule has 6 heteroatoms. The zero-order valence-corrected chi connectivity index (χ0v) is 45.6. The van der Waals surface area contributed by atoms with Crippen LogP contribution >= 0.6 is 0 Å². The van der Waals surface area contributed by atoms with E-state index in [2.05, 4.69) is 43.5 Å². The second kappa shape index (κ2) is 57.7. The molecule has 0 bridgehead atoms. The van der Waals surface area contributed by atoms with Crippen LogP contribution in [0.1, 0.15) is 322 Å². The summed E-state index contributed by atoms with van der Waals surface area (Å²) in [6, 6.07) is -0.626. The Labute approximate surface area is 424 Å². The first-order valence-electron chi connectivity index (χ1n) is 30.3. The van der Waals surface area contributed by atoms with Crippen molar-refractivity contribution in [2.75, 3.05) is 13.2 Å². The zero-order chi connectivity index (χ0) is 49.3. The number of amides is 1. The standard InChI is InChI=1S/C62H117NO5/c1-3-5-7-9-11-13-15-16-17-18-27-30-33-36-40-44-48-52-56-62(67)68-57-53-49-45-41-37-34-31-28-25-23-21-19-20-22-24-26-29-32-35-39-43-47-51-55-61(66)63-59(58-64)60(65)54-50-46-42-38-14-12-10-8-6-4-2/h13,15,17-18,50,54,59-60,64-65H,3-12,14,16,19-49,51-53,55-58H2,1-2H3,(H,63,66)/b15-13-,18-17-,54-50+. The molecule has 0 aromatic rings. The summed E-state index contributed by atoms with van der Waals surface area (Å²) >= 11 is 0. The molecule has 0 aromatic carbocycles. The van der Waals surface area contributed by atoms with Gasteiger partial charge in [-0.2, -0.15) is 0 Å². The Bertz CT molecular complexity index is 1100. The van der Waals surface area contributed by atoms with E-state index in [1.165, 1.54) is 244 Å². The summed E-state index contributed by atoms with van der Waals surface area (Å²) in [4.78, 5) is 24.5. The number of unbranched alkanes of at least 4 members (excludes halogenated alkanes) is 41. The number of ether oxygens (including phenoxy) is 1. The molecule has 2 atom stereocenters. The van der Waals surface area contributed by atoms with Crippen molar-refractivity contribution < 1.29 is 24.5 Å². The molecule has 0 saturated heterocycles. The normalized spacial score (nSPS) is 12.8. The minimum absolute atomic E-state index is 0.00633. The number of hydrogen-bond donors (Lipinski definition) is 3. The first-order chi connectivity index (χ1) is 33.5. The second-order valence-corrected chi connectivity index (χ2v) is 20.7. The predicted molar refractivity (Wildman–Crippen MR) is 296 cm³/mol. The molecule has 0 spiro atoms. The van der Waals surface area contributed by atoms with Crippen LogP contribution in [0, 0.1) is 0 Å². The largest absolute Gasteiger partial charge is 0.466 e. The van der Waals surface area contributed by atoms with Gasteiger partial charge in [0.15, 0.2) is 0 Å². The maximum Gasteiger partial charge on any atom is 0.305 e. The molecule has 0 radical (unpaired) electrons. The molecule has 0 aromatic heterocycles. The third-order valence-electron chi connectivity index (χ3n) is 13.9. The molecule has 0 aliphatic rings. The van der Waals surface area contributed by atoms with Crippen LogP contribution in [0.5, 0.6) is 0 Å². The third-order valence-corrected chi connectivity index (χ3v) is 13.9. The number of hydrogen-bond acceptors (Lipinski definition) is 5. The van der Waals surface area contributed by atoms with Gasteiger partial charge in [-0.3, -0.25) is 9.59 Å². The zero-order valence-electron chi connectivity index (χ0n) is 45.6. The van der Waals surface area contributed by atoms with Crippen molar-refractivity contribution >= 4 is 11.9 Å². The molecule has 400 valence electrons. The Hall–Kier alpha value is -1.92. The number of allylic oxidation sites excluding steroid dienone is 5. The van der Waals surface area contributed by atoms with E-state index in [1.54, 1.807) is 6.08 Å². The Morgan fingerprint density at radius 1 is 0.412 bits per heavy atom. The van der Waals surface area contributed by atoms with Gasteiger partial charge in [-0.05, 0) is 64.2 Å². The fourth-order valence-corrected chi connectivity index (χ4v) is 9.25. The molecular weight excluding hydrogens is 839 g/mol. The minimum atomic E-state index is -0.842. The topological polar surface area (TPSA) is 95.9 Å². The summed E-state index contributed by atoms with van der Waals surface area (Å²) in [5, 5.41) is 23.0. The lowest BCUT2D eigenvalue weighted by molar-refractivity contribution is -0.143. The molecule has 0 aliphatic carbocycles. The molecule has 0 heterocycles. The molecule has 0 aliphatic heterocycles. The van der Waals surface area contributed by atoms with Gasteiger partial charge in [0.05, 0.1) is 25.4 Å². The highest BCUT2D eigenvalue weighted by Crippen LogP contribution is 2.17. The van der Waals surface area contributed by atoms with Gasteiger partial charge in [0, 0.05) is 12.8 Å². The number of nitrogens with one attached hydrogen (secondary N) is 1. The van der Waals surface area contributed by atoms with E-state index in [0.29, 0.717) is 19.4 Å². The van der Waals surface area contributed by atoms with Crippen LogP contribution in [-0.4, -0.2) is 47.4 Å². The van der Waals surface area contributed by atoms with E-state index in [0.717, 1.165) is 51.4 Å². The monoisotopic (exact) mass is 956 g/mol. The maximum absolute atomic E-state index is 12.4. The fourth-order valence-electron chi connectivity index (χ4n) is 9.25. The lowest BCUT2D eigenvalue weighted by Crippen LogP contribution is -2.45. The van der Waals surface area contributed by atoms with Crippen molar-refractivity contribution in [3.05, 3.63) is 36.5 Å². The van der Waals surface area contributed by atoms with Crippen molar-refractivity contribution in [1.29, 1.82) is 0 Å². The van der Waals surface area contributed by atoms with E-state index in [-0.39, 0.29) is 18.5 Å². The quantitative estimate of drug-likeness (QED) is 0.0321. The number of aliphatic hydroxyl groups excluding tert-OH is 2. The molecule has 1 amide bonds. The summed E-state index contributed by atoms with van der Waals surface area (Å²) in [5.74, 6) is -0.0628. The number of esters is 1. The van der Waals surface area contributed by atoms with E-state index in [4.69, 9.17) is 4.74 Å². The van der Waals surface area contributed by atoms with Crippen molar-refractivity contribution in [2.45, 2.75) is 334 Å². The van der Waals surface area contributed by atoms with E-state index in [9.17, 15) is 19.8 Å². The van der Waals surface area contributed by atoms with Crippen LogP contribution in [0.3, 0.4) is 0 Å². The van der Waals surface area contributed by atoms with E-state index < -0.39 is 12.1 Å². The van der Waals surface area contributed by atoms with Gasteiger partial charge in [-0.15, -0.1) is 0 Å². The average Bonchev–Trinajstić information content (AvgIpc) is 3.34. The van der Waals surface area contributed by atoms with Crippen LogP contribution in [0.25, 0.3) is 0 Å². The van der Waals surface area contributed by atoms with Crippen LogP contribution in [0.4, 0.5) is 0 Å². The number of aliphatic hydroxyl groups is 2. The Morgan fingerprint density at radius 2 is 0.735 bits per heavy atom. The van der Waals surface area contributed by atoms with Crippen LogP contribution < -0.4 is 5.32 Å². The van der Waals surface area contributed by atoms with Gasteiger partial charge in [0.1, 0.15) is 0 Å². The Kier molecular flexibility index (Phi) is 56.0. The average molecular weight is 957 g/mol. The molecular formula is C62H117NO5. The van der Waals surface area contributed by atoms with Gasteiger partial charge < -0.3 is 20.3 Å². The number of rotatable bonds is 56. The Morgan fingerprint density at radius 3 is 1.13 bits per heavy atom. The van der Waals surface area contributed by atoms with Crippen molar-refractivity contribution in [2.24, 2.45) is 0 Å². The Balaban J connectivity index is 3.36.